The van der Waals surface area contributed by atoms with E-state index in [1.165, 1.54) is 22.6 Å². The third-order valence-corrected chi connectivity index (χ3v) is 5.85. The average molecular weight is 342 g/mol. The van der Waals surface area contributed by atoms with Crippen LogP contribution < -0.4 is 4.72 Å². The zero-order valence-corrected chi connectivity index (χ0v) is 13.9. The molecule has 7 nitrogen and oxygen atoms in total. The first-order chi connectivity index (χ1) is 10.5. The molecule has 0 saturated heterocycles. The lowest BCUT2D eigenvalue weighted by Crippen LogP contribution is -2.41. The molecule has 1 heterocycles. The van der Waals surface area contributed by atoms with Crippen LogP contribution in [0.1, 0.15) is 6.92 Å². The molecule has 0 spiro atoms. The van der Waals surface area contributed by atoms with Crippen molar-refractivity contribution in [1.29, 1.82) is 0 Å². The molecule has 0 unspecified atom stereocenters. The van der Waals surface area contributed by atoms with E-state index in [-0.39, 0.29) is 16.9 Å². The van der Waals surface area contributed by atoms with Gasteiger partial charge in [-0.05, 0) is 25.3 Å². The first-order valence-corrected chi connectivity index (χ1v) is 9.39. The van der Waals surface area contributed by atoms with Gasteiger partial charge in [0.25, 0.3) is 10.0 Å². The largest absolute Gasteiger partial charge is 0.395 e. The van der Waals surface area contributed by atoms with Gasteiger partial charge in [0.2, 0.25) is 0 Å². The number of aromatic nitrogens is 3. The highest BCUT2D eigenvalue weighted by Crippen LogP contribution is 2.16. The van der Waals surface area contributed by atoms with Crippen molar-refractivity contribution >= 4 is 21.8 Å². The van der Waals surface area contributed by atoms with Crippen molar-refractivity contribution < 1.29 is 13.5 Å². The smallest absolute Gasteiger partial charge is 0.260 e. The quantitative estimate of drug-likeness (QED) is 0.767. The van der Waals surface area contributed by atoms with Crippen LogP contribution >= 0.6 is 11.8 Å². The van der Waals surface area contributed by atoms with Crippen LogP contribution in [0.3, 0.4) is 0 Å². The fourth-order valence-electron chi connectivity index (χ4n) is 1.97. The van der Waals surface area contributed by atoms with Crippen LogP contribution in [0.15, 0.2) is 41.6 Å². The van der Waals surface area contributed by atoms with Crippen molar-refractivity contribution in [3.05, 3.63) is 36.5 Å². The molecule has 0 aliphatic heterocycles. The predicted octanol–water partition coefficient (Wildman–Crippen LogP) is 0.658. The number of para-hydroxylation sites is 1. The molecule has 120 valence electrons. The fourth-order valence-corrected chi connectivity index (χ4v) is 4.02. The lowest BCUT2D eigenvalue weighted by molar-refractivity contribution is 0.282. The minimum absolute atomic E-state index is 0.0386. The second-order valence-electron chi connectivity index (χ2n) is 4.69. The standard InChI is InChI=1S/C13H18N4O3S2/c1-10(12(9-18)21-2)15-22(19,20)13-8-14-16-17(13)11-6-4-3-5-7-11/h3-8,10,12,15,18H,9H2,1-2H3/t10-,12+/m0/s1. The van der Waals surface area contributed by atoms with Crippen LogP contribution in [0.5, 0.6) is 0 Å². The van der Waals surface area contributed by atoms with Gasteiger partial charge in [0, 0.05) is 11.3 Å². The van der Waals surface area contributed by atoms with Gasteiger partial charge in [-0.25, -0.2) is 17.8 Å². The van der Waals surface area contributed by atoms with E-state index in [0.29, 0.717) is 5.69 Å². The van der Waals surface area contributed by atoms with Gasteiger partial charge in [0.05, 0.1) is 18.5 Å². The zero-order chi connectivity index (χ0) is 16.2. The molecule has 0 amide bonds. The lowest BCUT2D eigenvalue weighted by Gasteiger charge is -2.21. The maximum Gasteiger partial charge on any atom is 0.260 e. The molecule has 0 aliphatic carbocycles. The molecular weight excluding hydrogens is 324 g/mol. The number of aliphatic hydroxyl groups excluding tert-OH is 1. The number of hydrogen-bond donors (Lipinski definition) is 2. The monoisotopic (exact) mass is 342 g/mol. The van der Waals surface area contributed by atoms with Crippen LogP contribution in [0, 0.1) is 0 Å². The Labute approximate surface area is 133 Å². The summed E-state index contributed by atoms with van der Waals surface area (Å²) < 4.78 is 28.9. The number of hydrogen-bond acceptors (Lipinski definition) is 6. The normalized spacial score (nSPS) is 14.7. The van der Waals surface area contributed by atoms with Crippen molar-refractivity contribution in [3.8, 4) is 5.69 Å². The average Bonchev–Trinajstić information content (AvgIpc) is 2.99. The Kier molecular flexibility index (Phi) is 5.57. The van der Waals surface area contributed by atoms with E-state index in [4.69, 9.17) is 0 Å². The maximum absolute atomic E-state index is 12.5. The Morgan fingerprint density at radius 2 is 2.05 bits per heavy atom. The van der Waals surface area contributed by atoms with Gasteiger partial charge in [0.1, 0.15) is 0 Å². The Morgan fingerprint density at radius 3 is 2.64 bits per heavy atom. The number of sulfonamides is 1. The maximum atomic E-state index is 12.5. The first kappa shape index (κ1) is 16.9. The highest BCUT2D eigenvalue weighted by Gasteiger charge is 2.26. The van der Waals surface area contributed by atoms with Crippen LogP contribution in [-0.2, 0) is 10.0 Å². The van der Waals surface area contributed by atoms with E-state index in [1.54, 1.807) is 31.2 Å². The number of nitrogens with one attached hydrogen (secondary N) is 1. The summed E-state index contributed by atoms with van der Waals surface area (Å²) in [5.41, 5.74) is 0.608. The molecule has 1 aromatic heterocycles. The number of benzene rings is 1. The van der Waals surface area contributed by atoms with E-state index in [2.05, 4.69) is 15.0 Å². The molecule has 2 aromatic rings. The highest BCUT2D eigenvalue weighted by molar-refractivity contribution is 7.99. The van der Waals surface area contributed by atoms with Crippen LogP contribution in [0.4, 0.5) is 0 Å². The van der Waals surface area contributed by atoms with E-state index >= 15 is 0 Å². The van der Waals surface area contributed by atoms with E-state index < -0.39 is 16.1 Å². The third kappa shape index (κ3) is 3.67. The van der Waals surface area contributed by atoms with Crippen LogP contribution in [0.25, 0.3) is 5.69 Å². The molecule has 0 aliphatic rings. The molecule has 9 heteroatoms. The molecule has 0 fully saturated rings. The molecule has 2 atom stereocenters. The van der Waals surface area contributed by atoms with Crippen LogP contribution in [0.2, 0.25) is 0 Å². The van der Waals surface area contributed by atoms with Crippen molar-refractivity contribution in [2.45, 2.75) is 23.2 Å². The second kappa shape index (κ2) is 7.23. The minimum Gasteiger partial charge on any atom is -0.395 e. The van der Waals surface area contributed by atoms with Gasteiger partial charge in [-0.3, -0.25) is 0 Å². The van der Waals surface area contributed by atoms with Gasteiger partial charge in [-0.1, -0.05) is 23.4 Å². The van der Waals surface area contributed by atoms with Crippen molar-refractivity contribution in [1.82, 2.24) is 19.7 Å². The number of rotatable bonds is 7. The Hall–Kier alpha value is -1.42. The third-order valence-electron chi connectivity index (χ3n) is 3.18. The molecule has 0 bridgehead atoms. The number of thioether (sulfide) groups is 1. The summed E-state index contributed by atoms with van der Waals surface area (Å²) in [4.78, 5) is 0. The fraction of sp³-hybridized carbons (Fsp3) is 0.385. The van der Waals surface area contributed by atoms with E-state index in [1.807, 2.05) is 12.3 Å². The van der Waals surface area contributed by atoms with Crippen molar-refractivity contribution in [3.63, 3.8) is 0 Å². The summed E-state index contributed by atoms with van der Waals surface area (Å²) in [5.74, 6) is 0. The molecule has 1 aromatic carbocycles. The van der Waals surface area contributed by atoms with Gasteiger partial charge >= 0.3 is 0 Å². The van der Waals surface area contributed by atoms with Crippen molar-refractivity contribution in [2.24, 2.45) is 0 Å². The molecule has 2 rings (SSSR count). The lowest BCUT2D eigenvalue weighted by atomic mass is 10.3. The summed E-state index contributed by atoms with van der Waals surface area (Å²) in [5, 5.41) is 16.5. The summed E-state index contributed by atoms with van der Waals surface area (Å²) in [7, 11) is -3.80. The van der Waals surface area contributed by atoms with Gasteiger partial charge in [0.15, 0.2) is 5.03 Å². The summed E-state index contributed by atoms with van der Waals surface area (Å²) >= 11 is 1.40. The summed E-state index contributed by atoms with van der Waals surface area (Å²) in [6, 6.07) is 8.48. The van der Waals surface area contributed by atoms with Gasteiger partial charge in [-0.15, -0.1) is 5.10 Å². The molecule has 22 heavy (non-hydrogen) atoms. The predicted molar refractivity (Wildman–Crippen MR) is 85.5 cm³/mol. The minimum atomic E-state index is -3.80. The highest BCUT2D eigenvalue weighted by atomic mass is 32.2. The molecule has 0 saturated carbocycles. The SMILES string of the molecule is CS[C@H](CO)[C@H](C)NS(=O)(=O)c1cnnn1-c1ccccc1. The first-order valence-electron chi connectivity index (χ1n) is 6.61. The van der Waals surface area contributed by atoms with Crippen LogP contribution in [-0.4, -0.2) is 52.7 Å². The molecular formula is C13H18N4O3S2. The molecule has 0 radical (unpaired) electrons. The van der Waals surface area contributed by atoms with E-state index in [0.717, 1.165) is 0 Å². The molecule has 2 N–H and O–H groups in total. The van der Waals surface area contributed by atoms with Gasteiger partial charge < -0.3 is 5.11 Å². The Morgan fingerprint density at radius 1 is 1.36 bits per heavy atom. The number of aliphatic hydroxyl groups is 1. The second-order valence-corrected chi connectivity index (χ2v) is 7.42. The summed E-state index contributed by atoms with van der Waals surface area (Å²) in [6.07, 6.45) is 3.02. The number of nitrogens with zero attached hydrogens (tertiary/aromatic N) is 3. The Balaban J connectivity index is 2.30. The van der Waals surface area contributed by atoms with Gasteiger partial charge in [-0.2, -0.15) is 11.8 Å². The van der Waals surface area contributed by atoms with E-state index in [9.17, 15) is 13.5 Å². The Bertz CT molecular complexity index is 699. The topological polar surface area (TPSA) is 97.1 Å². The zero-order valence-electron chi connectivity index (χ0n) is 12.2. The summed E-state index contributed by atoms with van der Waals surface area (Å²) in [6.45, 7) is 1.60. The van der Waals surface area contributed by atoms with Crippen molar-refractivity contribution in [2.75, 3.05) is 12.9 Å².